The van der Waals surface area contributed by atoms with Crippen LogP contribution in [-0.4, -0.2) is 29.9 Å². The first-order valence-electron chi connectivity index (χ1n) is 5.43. The number of ether oxygens (including phenoxy) is 1. The van der Waals surface area contributed by atoms with Crippen molar-refractivity contribution in [2.45, 2.75) is 31.3 Å². The first kappa shape index (κ1) is 10.6. The van der Waals surface area contributed by atoms with Gasteiger partial charge in [0.25, 0.3) is 0 Å². The SMILES string of the molecule is COCC(O)C1CCCc2cccnc21. The number of aliphatic hydroxyl groups excluding tert-OH is 1. The molecule has 2 rings (SSSR count). The second-order valence-corrected chi connectivity index (χ2v) is 4.07. The molecule has 0 bridgehead atoms. The molecule has 1 aromatic rings. The van der Waals surface area contributed by atoms with Crippen LogP contribution in [0.2, 0.25) is 0 Å². The van der Waals surface area contributed by atoms with Crippen molar-refractivity contribution in [1.82, 2.24) is 4.98 Å². The highest BCUT2D eigenvalue weighted by atomic mass is 16.5. The fourth-order valence-electron chi connectivity index (χ4n) is 2.31. The molecule has 0 fully saturated rings. The molecule has 0 aliphatic heterocycles. The third kappa shape index (κ3) is 2.19. The lowest BCUT2D eigenvalue weighted by atomic mass is 9.83. The summed E-state index contributed by atoms with van der Waals surface area (Å²) in [6.07, 6.45) is 4.60. The molecule has 0 saturated heterocycles. The van der Waals surface area contributed by atoms with Crippen molar-refractivity contribution >= 4 is 0 Å². The fourth-order valence-corrected chi connectivity index (χ4v) is 2.31. The van der Waals surface area contributed by atoms with E-state index >= 15 is 0 Å². The molecule has 3 heteroatoms. The van der Waals surface area contributed by atoms with Crippen LogP contribution in [0.4, 0.5) is 0 Å². The summed E-state index contributed by atoms with van der Waals surface area (Å²) in [5.74, 6) is 0.148. The maximum atomic E-state index is 9.96. The molecular weight excluding hydrogens is 190 g/mol. The molecule has 1 N–H and O–H groups in total. The van der Waals surface area contributed by atoms with Crippen LogP contribution in [0.15, 0.2) is 18.3 Å². The van der Waals surface area contributed by atoms with Crippen molar-refractivity contribution in [3.8, 4) is 0 Å². The molecule has 1 aliphatic carbocycles. The second-order valence-electron chi connectivity index (χ2n) is 4.07. The van der Waals surface area contributed by atoms with Crippen molar-refractivity contribution in [3.05, 3.63) is 29.6 Å². The smallest absolute Gasteiger partial charge is 0.0857 e. The Balaban J connectivity index is 2.21. The van der Waals surface area contributed by atoms with E-state index in [1.807, 2.05) is 6.07 Å². The number of aromatic nitrogens is 1. The number of hydrogen-bond donors (Lipinski definition) is 1. The van der Waals surface area contributed by atoms with Crippen LogP contribution in [0.3, 0.4) is 0 Å². The predicted molar refractivity (Wildman–Crippen MR) is 57.8 cm³/mol. The summed E-state index contributed by atoms with van der Waals surface area (Å²) >= 11 is 0. The van der Waals surface area contributed by atoms with Crippen molar-refractivity contribution in [1.29, 1.82) is 0 Å². The number of aliphatic hydroxyl groups is 1. The minimum Gasteiger partial charge on any atom is -0.390 e. The molecule has 2 unspecified atom stereocenters. The zero-order valence-corrected chi connectivity index (χ0v) is 9.02. The Morgan fingerprint density at radius 1 is 1.67 bits per heavy atom. The van der Waals surface area contributed by atoms with Crippen LogP contribution in [-0.2, 0) is 11.2 Å². The van der Waals surface area contributed by atoms with E-state index in [0.717, 1.165) is 25.0 Å². The number of fused-ring (bicyclic) bond motifs is 1. The Kier molecular flexibility index (Phi) is 3.34. The summed E-state index contributed by atoms with van der Waals surface area (Å²) in [5, 5.41) is 9.96. The predicted octanol–water partition coefficient (Wildman–Crippen LogP) is 1.51. The van der Waals surface area contributed by atoms with Gasteiger partial charge in [0.1, 0.15) is 0 Å². The third-order valence-corrected chi connectivity index (χ3v) is 3.04. The molecule has 0 saturated carbocycles. The van der Waals surface area contributed by atoms with Gasteiger partial charge in [-0.2, -0.15) is 0 Å². The van der Waals surface area contributed by atoms with E-state index in [2.05, 4.69) is 11.1 Å². The van der Waals surface area contributed by atoms with Crippen molar-refractivity contribution in [2.24, 2.45) is 0 Å². The summed E-state index contributed by atoms with van der Waals surface area (Å²) in [5.41, 5.74) is 2.34. The van der Waals surface area contributed by atoms with Gasteiger partial charge >= 0.3 is 0 Å². The normalized spacial score (nSPS) is 22.1. The van der Waals surface area contributed by atoms with Gasteiger partial charge in [0.15, 0.2) is 0 Å². The molecule has 82 valence electrons. The van der Waals surface area contributed by atoms with Crippen LogP contribution in [0.1, 0.15) is 30.0 Å². The van der Waals surface area contributed by atoms with Gasteiger partial charge in [-0.3, -0.25) is 4.98 Å². The molecule has 0 radical (unpaired) electrons. The Bertz CT molecular complexity index is 327. The summed E-state index contributed by atoms with van der Waals surface area (Å²) in [6, 6.07) is 4.07. The number of rotatable bonds is 3. The van der Waals surface area contributed by atoms with Gasteiger partial charge in [-0.25, -0.2) is 0 Å². The molecule has 1 heterocycles. The molecule has 15 heavy (non-hydrogen) atoms. The maximum Gasteiger partial charge on any atom is 0.0857 e. The average Bonchev–Trinajstić information content (AvgIpc) is 2.28. The Morgan fingerprint density at radius 3 is 3.33 bits per heavy atom. The number of pyridine rings is 1. The zero-order valence-electron chi connectivity index (χ0n) is 9.02. The Morgan fingerprint density at radius 2 is 2.53 bits per heavy atom. The van der Waals surface area contributed by atoms with E-state index < -0.39 is 6.10 Å². The molecule has 0 spiro atoms. The molecule has 1 aromatic heterocycles. The van der Waals surface area contributed by atoms with E-state index in [4.69, 9.17) is 4.74 Å². The van der Waals surface area contributed by atoms with Gasteiger partial charge in [0, 0.05) is 24.9 Å². The first-order chi connectivity index (χ1) is 7.33. The van der Waals surface area contributed by atoms with Crippen LogP contribution in [0, 0.1) is 0 Å². The monoisotopic (exact) mass is 207 g/mol. The topological polar surface area (TPSA) is 42.4 Å². The highest BCUT2D eigenvalue weighted by Gasteiger charge is 2.27. The molecule has 0 aromatic carbocycles. The lowest BCUT2D eigenvalue weighted by Gasteiger charge is -2.27. The van der Waals surface area contributed by atoms with E-state index in [1.165, 1.54) is 5.56 Å². The van der Waals surface area contributed by atoms with E-state index in [1.54, 1.807) is 13.3 Å². The van der Waals surface area contributed by atoms with Crippen LogP contribution < -0.4 is 0 Å². The quantitative estimate of drug-likeness (QED) is 0.817. The first-order valence-corrected chi connectivity index (χ1v) is 5.43. The summed E-state index contributed by atoms with van der Waals surface area (Å²) in [7, 11) is 1.62. The molecule has 3 nitrogen and oxygen atoms in total. The summed E-state index contributed by atoms with van der Waals surface area (Å²) in [6.45, 7) is 0.390. The van der Waals surface area contributed by atoms with Gasteiger partial charge in [-0.05, 0) is 30.9 Å². The fraction of sp³-hybridized carbons (Fsp3) is 0.583. The second kappa shape index (κ2) is 4.73. The van der Waals surface area contributed by atoms with Crippen LogP contribution in [0.5, 0.6) is 0 Å². The Labute approximate surface area is 90.1 Å². The third-order valence-electron chi connectivity index (χ3n) is 3.04. The van der Waals surface area contributed by atoms with Gasteiger partial charge in [0.05, 0.1) is 12.7 Å². The number of methoxy groups -OCH3 is 1. The largest absolute Gasteiger partial charge is 0.390 e. The average molecular weight is 207 g/mol. The lowest BCUT2D eigenvalue weighted by molar-refractivity contribution is 0.0415. The highest BCUT2D eigenvalue weighted by Crippen LogP contribution is 2.32. The number of hydrogen-bond acceptors (Lipinski definition) is 3. The van der Waals surface area contributed by atoms with Gasteiger partial charge in [-0.15, -0.1) is 0 Å². The standard InChI is InChI=1S/C12H17NO2/c1-15-8-11(14)10-6-2-4-9-5-3-7-13-12(9)10/h3,5,7,10-11,14H,2,4,6,8H2,1H3. The molecular formula is C12H17NO2. The molecule has 2 atom stereocenters. The van der Waals surface area contributed by atoms with Crippen LogP contribution in [0.25, 0.3) is 0 Å². The molecule has 1 aliphatic rings. The van der Waals surface area contributed by atoms with Crippen molar-refractivity contribution < 1.29 is 9.84 Å². The van der Waals surface area contributed by atoms with E-state index in [-0.39, 0.29) is 5.92 Å². The number of aryl methyl sites for hydroxylation is 1. The van der Waals surface area contributed by atoms with Crippen molar-refractivity contribution in [3.63, 3.8) is 0 Å². The zero-order chi connectivity index (χ0) is 10.7. The Hall–Kier alpha value is -0.930. The minimum absolute atomic E-state index is 0.148. The molecule has 0 amide bonds. The van der Waals surface area contributed by atoms with Gasteiger partial charge < -0.3 is 9.84 Å². The van der Waals surface area contributed by atoms with Gasteiger partial charge in [0.2, 0.25) is 0 Å². The highest BCUT2D eigenvalue weighted by molar-refractivity contribution is 5.26. The number of nitrogens with zero attached hydrogens (tertiary/aromatic N) is 1. The van der Waals surface area contributed by atoms with E-state index in [9.17, 15) is 5.11 Å². The lowest BCUT2D eigenvalue weighted by Crippen LogP contribution is -2.27. The minimum atomic E-state index is -0.427. The van der Waals surface area contributed by atoms with Gasteiger partial charge in [-0.1, -0.05) is 6.07 Å². The van der Waals surface area contributed by atoms with Crippen molar-refractivity contribution in [2.75, 3.05) is 13.7 Å². The van der Waals surface area contributed by atoms with E-state index in [0.29, 0.717) is 6.61 Å². The summed E-state index contributed by atoms with van der Waals surface area (Å²) in [4.78, 5) is 4.39. The summed E-state index contributed by atoms with van der Waals surface area (Å²) < 4.78 is 4.99. The van der Waals surface area contributed by atoms with Crippen LogP contribution >= 0.6 is 0 Å². The maximum absolute atomic E-state index is 9.96.